The first-order chi connectivity index (χ1) is 20.7. The Morgan fingerprint density at radius 3 is 2.41 bits per heavy atom. The monoisotopic (exact) mass is 640 g/mol. The number of likely N-dealkylation sites (N-methyl/N-ethyl adjacent to an activating group) is 1. The van der Waals surface area contributed by atoms with Gasteiger partial charge in [0.1, 0.15) is 12.1 Å². The molecule has 2 saturated heterocycles. The van der Waals surface area contributed by atoms with E-state index in [1.807, 2.05) is 30.3 Å². The molecule has 4 amide bonds. The summed E-state index contributed by atoms with van der Waals surface area (Å²) < 4.78 is 12.8. The Balaban J connectivity index is 1.41. The van der Waals surface area contributed by atoms with Crippen molar-refractivity contribution in [2.24, 2.45) is 0 Å². The molecule has 2 aliphatic rings. The Kier molecular flexibility index (Phi) is 8.74. The average Bonchev–Trinajstić information content (AvgIpc) is 3.60. The zero-order chi connectivity index (χ0) is 32.0. The van der Waals surface area contributed by atoms with Crippen molar-refractivity contribution in [1.82, 2.24) is 15.1 Å². The molecule has 0 aliphatic carbocycles. The SMILES string of the molecule is CC(=O)N1CC[C@H]2CC[C@@H](C(=O)N(C)c3ccccc3)N2C(=O)[C@@H](NC(=O)c2cc3cc(C(C)(C)P(=O)(O)O)ccc3s2)C1. The Morgan fingerprint density at radius 1 is 1.05 bits per heavy atom. The first kappa shape index (κ1) is 31.8. The van der Waals surface area contributed by atoms with Crippen LogP contribution in [0.25, 0.3) is 10.1 Å². The molecular weight excluding hydrogens is 603 g/mol. The second kappa shape index (κ2) is 12.1. The van der Waals surface area contributed by atoms with Crippen molar-refractivity contribution in [2.75, 3.05) is 25.0 Å². The van der Waals surface area contributed by atoms with Crippen molar-refractivity contribution in [2.45, 2.75) is 63.3 Å². The molecule has 3 N–H and O–H groups in total. The molecule has 2 aromatic carbocycles. The quantitative estimate of drug-likeness (QED) is 0.348. The van der Waals surface area contributed by atoms with Gasteiger partial charge in [0.05, 0.1) is 10.0 Å². The molecule has 0 spiro atoms. The van der Waals surface area contributed by atoms with Gasteiger partial charge in [0, 0.05) is 43.5 Å². The predicted octanol–water partition coefficient (Wildman–Crippen LogP) is 3.69. The second-order valence-electron chi connectivity index (χ2n) is 12.0. The molecule has 0 saturated carbocycles. The largest absolute Gasteiger partial charge is 0.340 e. The smallest absolute Gasteiger partial charge is 0.335 e. The topological polar surface area (TPSA) is 148 Å². The second-order valence-corrected chi connectivity index (χ2v) is 15.3. The van der Waals surface area contributed by atoms with E-state index in [4.69, 9.17) is 0 Å². The van der Waals surface area contributed by atoms with Gasteiger partial charge in [-0.1, -0.05) is 24.3 Å². The number of fused-ring (bicyclic) bond motifs is 2. The minimum atomic E-state index is -4.46. The number of para-hydroxylation sites is 1. The van der Waals surface area contributed by atoms with E-state index in [0.717, 1.165) is 4.70 Å². The van der Waals surface area contributed by atoms with E-state index in [1.165, 1.54) is 32.1 Å². The number of benzene rings is 2. The van der Waals surface area contributed by atoms with Gasteiger partial charge in [-0.05, 0) is 74.4 Å². The number of thiophene rings is 1. The Hall–Kier alpha value is -3.57. The summed E-state index contributed by atoms with van der Waals surface area (Å²) in [5.74, 6) is -1.33. The lowest BCUT2D eigenvalue weighted by atomic mass is 10.0. The Bertz CT molecular complexity index is 1650. The van der Waals surface area contributed by atoms with Gasteiger partial charge in [0.2, 0.25) is 17.7 Å². The number of hydrogen-bond donors (Lipinski definition) is 3. The van der Waals surface area contributed by atoms with Crippen LogP contribution >= 0.6 is 18.9 Å². The summed E-state index contributed by atoms with van der Waals surface area (Å²) in [6.45, 7) is 4.74. The van der Waals surface area contributed by atoms with E-state index in [2.05, 4.69) is 5.32 Å². The van der Waals surface area contributed by atoms with E-state index >= 15 is 0 Å². The van der Waals surface area contributed by atoms with E-state index in [9.17, 15) is 33.5 Å². The van der Waals surface area contributed by atoms with Crippen molar-refractivity contribution in [3.63, 3.8) is 0 Å². The summed E-state index contributed by atoms with van der Waals surface area (Å²) >= 11 is 1.19. The maximum Gasteiger partial charge on any atom is 0.335 e. The summed E-state index contributed by atoms with van der Waals surface area (Å²) in [5.41, 5.74) is 1.15. The molecular formula is C31H37N4O7PS. The van der Waals surface area contributed by atoms with Gasteiger partial charge in [-0.15, -0.1) is 11.3 Å². The van der Waals surface area contributed by atoms with Crippen LogP contribution in [0.5, 0.6) is 0 Å². The molecule has 3 atom stereocenters. The van der Waals surface area contributed by atoms with Crippen LogP contribution < -0.4 is 10.2 Å². The van der Waals surface area contributed by atoms with Crippen LogP contribution in [0.4, 0.5) is 5.69 Å². The summed E-state index contributed by atoms with van der Waals surface area (Å²) in [7, 11) is -2.77. The molecule has 11 nitrogen and oxygen atoms in total. The molecule has 3 heterocycles. The number of anilines is 1. The zero-order valence-corrected chi connectivity index (χ0v) is 26.8. The number of nitrogens with one attached hydrogen (secondary N) is 1. The van der Waals surface area contributed by atoms with Crippen molar-refractivity contribution < 1.29 is 33.5 Å². The lowest BCUT2D eigenvalue weighted by molar-refractivity contribution is -0.144. The normalized spacial score (nSPS) is 21.0. The van der Waals surface area contributed by atoms with Gasteiger partial charge in [-0.2, -0.15) is 0 Å². The fourth-order valence-corrected chi connectivity index (χ4v) is 7.37. The summed E-state index contributed by atoms with van der Waals surface area (Å²) in [6.07, 6.45) is 1.63. The lowest BCUT2D eigenvalue weighted by Gasteiger charge is -2.39. The minimum absolute atomic E-state index is 0.0237. The van der Waals surface area contributed by atoms with Gasteiger partial charge in [0.15, 0.2) is 0 Å². The van der Waals surface area contributed by atoms with E-state index in [1.54, 1.807) is 46.0 Å². The predicted molar refractivity (Wildman–Crippen MR) is 169 cm³/mol. The highest BCUT2D eigenvalue weighted by Crippen LogP contribution is 2.56. The van der Waals surface area contributed by atoms with Gasteiger partial charge in [0.25, 0.3) is 5.91 Å². The van der Waals surface area contributed by atoms with Gasteiger partial charge in [-0.25, -0.2) is 0 Å². The van der Waals surface area contributed by atoms with Crippen LogP contribution in [0.3, 0.4) is 0 Å². The number of hydrogen-bond acceptors (Lipinski definition) is 6. The molecule has 2 fully saturated rings. The molecule has 234 valence electrons. The van der Waals surface area contributed by atoms with Gasteiger partial charge >= 0.3 is 7.60 Å². The van der Waals surface area contributed by atoms with E-state index < -0.39 is 36.6 Å². The summed E-state index contributed by atoms with van der Waals surface area (Å²) in [6, 6.07) is 13.8. The molecule has 5 rings (SSSR count). The van der Waals surface area contributed by atoms with Crippen molar-refractivity contribution in [3.05, 3.63) is 65.0 Å². The molecule has 44 heavy (non-hydrogen) atoms. The van der Waals surface area contributed by atoms with Crippen LogP contribution in [0.15, 0.2) is 54.6 Å². The summed E-state index contributed by atoms with van der Waals surface area (Å²) in [5, 5.41) is 2.06. The van der Waals surface area contributed by atoms with Crippen molar-refractivity contribution in [1.29, 1.82) is 0 Å². The van der Waals surface area contributed by atoms with Crippen LogP contribution in [-0.2, 0) is 24.1 Å². The average molecular weight is 641 g/mol. The molecule has 3 aromatic rings. The van der Waals surface area contributed by atoms with Crippen LogP contribution in [0, 0.1) is 0 Å². The van der Waals surface area contributed by atoms with Gasteiger partial charge < -0.3 is 29.8 Å². The van der Waals surface area contributed by atoms with Crippen molar-refractivity contribution >= 4 is 58.3 Å². The first-order valence-corrected chi connectivity index (χ1v) is 16.9. The minimum Gasteiger partial charge on any atom is -0.340 e. The number of nitrogens with zero attached hydrogens (tertiary/aromatic N) is 3. The number of rotatable bonds is 6. The molecule has 0 radical (unpaired) electrons. The number of carbonyl (C=O) groups excluding carboxylic acids is 4. The van der Waals surface area contributed by atoms with Crippen molar-refractivity contribution in [3.8, 4) is 0 Å². The highest BCUT2D eigenvalue weighted by Gasteiger charge is 2.46. The molecule has 0 bridgehead atoms. The highest BCUT2D eigenvalue weighted by molar-refractivity contribution is 7.53. The van der Waals surface area contributed by atoms with Gasteiger partial charge in [-0.3, -0.25) is 23.7 Å². The molecule has 0 unspecified atom stereocenters. The third kappa shape index (κ3) is 6.04. The highest BCUT2D eigenvalue weighted by atomic mass is 32.1. The standard InChI is InChI=1S/C31H37N4O7PS/c1-19(36)34-15-14-23-11-12-25(30(39)33(4)22-8-6-5-7-9-22)35(23)29(38)24(18-34)32-28(37)27-17-20-16-21(10-13-26(20)44-27)31(2,3)43(40,41)42/h5-10,13,16-17,23-25H,11-12,14-15,18H2,1-4H3,(H,32,37)(H2,40,41,42)/t23-,24+,25+/m1/s1. The third-order valence-electron chi connectivity index (χ3n) is 8.87. The summed E-state index contributed by atoms with van der Waals surface area (Å²) in [4.78, 5) is 78.6. The van der Waals surface area contributed by atoms with E-state index in [0.29, 0.717) is 47.3 Å². The zero-order valence-electron chi connectivity index (χ0n) is 25.1. The molecule has 1 aromatic heterocycles. The maximum absolute atomic E-state index is 14.1. The number of carbonyl (C=O) groups is 4. The number of amides is 4. The first-order valence-electron chi connectivity index (χ1n) is 14.5. The fraction of sp³-hybridized carbons (Fsp3) is 0.419. The molecule has 2 aliphatic heterocycles. The lowest BCUT2D eigenvalue weighted by Crippen LogP contribution is -2.61. The molecule has 13 heteroatoms. The van der Waals surface area contributed by atoms with Crippen LogP contribution in [0.1, 0.15) is 55.3 Å². The third-order valence-corrected chi connectivity index (χ3v) is 11.7. The Morgan fingerprint density at radius 2 is 1.75 bits per heavy atom. The maximum atomic E-state index is 14.1. The van der Waals surface area contributed by atoms with Crippen LogP contribution in [-0.4, -0.2) is 81.5 Å². The Labute approximate surface area is 260 Å². The fourth-order valence-electron chi connectivity index (χ4n) is 5.95. The van der Waals surface area contributed by atoms with E-state index in [-0.39, 0.29) is 24.4 Å². The van der Waals surface area contributed by atoms with Crippen LogP contribution in [0.2, 0.25) is 0 Å².